The molecule has 0 radical (unpaired) electrons. The lowest BCUT2D eigenvalue weighted by atomic mass is 9.86. The van der Waals surface area contributed by atoms with Gasteiger partial charge in [0.1, 0.15) is 11.9 Å². The molecule has 40 heavy (non-hydrogen) atoms. The molecule has 2 aromatic carbocycles. The number of carbonyl (C=O) groups excluding carboxylic acids is 1. The Morgan fingerprint density at radius 1 is 1.02 bits per heavy atom. The van der Waals surface area contributed by atoms with Gasteiger partial charge in [-0.2, -0.15) is 13.2 Å². The minimum Gasteiger partial charge on any atom is -0.484 e. The van der Waals surface area contributed by atoms with Gasteiger partial charge in [0.05, 0.1) is 6.42 Å². The summed E-state index contributed by atoms with van der Waals surface area (Å²) >= 11 is 0. The molecule has 9 heteroatoms. The number of nitrogens with two attached hydrogens (primary N) is 1. The zero-order chi connectivity index (χ0) is 29.9. The lowest BCUT2D eigenvalue weighted by molar-refractivity contribution is -0.137. The van der Waals surface area contributed by atoms with Crippen LogP contribution in [0.1, 0.15) is 79.6 Å². The van der Waals surface area contributed by atoms with Gasteiger partial charge in [-0.1, -0.05) is 69.8 Å². The number of benzene rings is 2. The van der Waals surface area contributed by atoms with Crippen molar-refractivity contribution >= 4 is 17.4 Å². The summed E-state index contributed by atoms with van der Waals surface area (Å²) < 4.78 is 44.5. The molecule has 0 aromatic heterocycles. The molecule has 1 amide bonds. The second-order valence-corrected chi connectivity index (χ2v) is 10.4. The predicted octanol–water partition coefficient (Wildman–Crippen LogP) is 7.05. The minimum absolute atomic E-state index is 0.0163. The van der Waals surface area contributed by atoms with Crippen molar-refractivity contribution in [1.29, 1.82) is 0 Å². The number of alkyl halides is 3. The van der Waals surface area contributed by atoms with Crippen LogP contribution < -0.4 is 11.1 Å². The van der Waals surface area contributed by atoms with E-state index in [1.807, 2.05) is 24.3 Å². The topological polar surface area (TPSA) is 102 Å². The normalized spacial score (nSPS) is 13.2. The molecule has 0 spiro atoms. The number of carboxylic acid groups (broad SMARTS) is 1. The lowest BCUT2D eigenvalue weighted by Gasteiger charge is -2.21. The van der Waals surface area contributed by atoms with Crippen molar-refractivity contribution in [3.05, 3.63) is 101 Å². The SMILES string of the molecule is C=C(/C=C\C(=C/N)OC(CCCC(F)(F)F)c1ccc(C(=O)NCCC(=O)O)cc1)c1ccc(C(C)(C)C)cc1. The molecule has 1 unspecified atom stereocenters. The Hall–Kier alpha value is -4.01. The van der Waals surface area contributed by atoms with Crippen LogP contribution in [0.15, 0.2) is 79.2 Å². The quantitative estimate of drug-likeness (QED) is 0.181. The van der Waals surface area contributed by atoms with Gasteiger partial charge in [-0.15, -0.1) is 0 Å². The van der Waals surface area contributed by atoms with E-state index in [4.69, 9.17) is 15.6 Å². The first-order valence-electron chi connectivity index (χ1n) is 12.9. The highest BCUT2D eigenvalue weighted by atomic mass is 19.4. The molecule has 0 saturated carbocycles. The van der Waals surface area contributed by atoms with Gasteiger partial charge >= 0.3 is 12.1 Å². The highest BCUT2D eigenvalue weighted by Gasteiger charge is 2.27. The van der Waals surface area contributed by atoms with Crippen LogP contribution in [0.5, 0.6) is 0 Å². The molecule has 0 bridgehead atoms. The Kier molecular flexibility index (Phi) is 11.6. The highest BCUT2D eigenvalue weighted by molar-refractivity contribution is 5.94. The Morgan fingerprint density at radius 2 is 1.62 bits per heavy atom. The Bertz CT molecular complexity index is 1210. The lowest BCUT2D eigenvalue weighted by Crippen LogP contribution is -2.25. The van der Waals surface area contributed by atoms with Crippen molar-refractivity contribution in [2.45, 2.75) is 64.1 Å². The van der Waals surface area contributed by atoms with Gasteiger partial charge in [-0.05, 0) is 58.7 Å². The standard InChI is InChI=1S/C31H37F3N2O4/c1-21(22-12-14-25(15-13-22)30(2,3)4)7-16-26(20-35)40-27(6-5-18-31(32,33)34)23-8-10-24(11-9-23)29(39)36-19-17-28(37)38/h7-16,20,27H,1,5-6,17-19,35H2,2-4H3,(H,36,39)(H,37,38)/b16-7-,26-20+. The van der Waals surface area contributed by atoms with Crippen LogP contribution >= 0.6 is 0 Å². The zero-order valence-electron chi connectivity index (χ0n) is 23.1. The number of hydrogen-bond donors (Lipinski definition) is 3. The molecular weight excluding hydrogens is 521 g/mol. The molecular formula is C31H37F3N2O4. The van der Waals surface area contributed by atoms with Crippen LogP contribution in [0, 0.1) is 0 Å². The third-order valence-electron chi connectivity index (χ3n) is 6.11. The van der Waals surface area contributed by atoms with Crippen molar-refractivity contribution < 1.29 is 32.6 Å². The van der Waals surface area contributed by atoms with Crippen LogP contribution in [0.3, 0.4) is 0 Å². The first kappa shape index (κ1) is 32.2. The van der Waals surface area contributed by atoms with E-state index in [2.05, 4.69) is 32.7 Å². The number of rotatable bonds is 13. The van der Waals surface area contributed by atoms with Gasteiger partial charge in [0.15, 0.2) is 0 Å². The van der Waals surface area contributed by atoms with E-state index in [9.17, 15) is 22.8 Å². The Labute approximate surface area is 233 Å². The van der Waals surface area contributed by atoms with Gasteiger partial charge in [0.25, 0.3) is 5.91 Å². The van der Waals surface area contributed by atoms with Crippen LogP contribution in [0.4, 0.5) is 13.2 Å². The van der Waals surface area contributed by atoms with Crippen LogP contribution in [0.25, 0.3) is 5.57 Å². The smallest absolute Gasteiger partial charge is 0.389 e. The third-order valence-corrected chi connectivity index (χ3v) is 6.11. The first-order valence-corrected chi connectivity index (χ1v) is 12.9. The van der Waals surface area contributed by atoms with Crippen molar-refractivity contribution in [2.75, 3.05) is 6.54 Å². The summed E-state index contributed by atoms with van der Waals surface area (Å²) in [7, 11) is 0. The molecule has 0 fully saturated rings. The first-order chi connectivity index (χ1) is 18.7. The maximum Gasteiger partial charge on any atom is 0.389 e. The van der Waals surface area contributed by atoms with Gasteiger partial charge in [0, 0.05) is 24.7 Å². The Balaban J connectivity index is 2.16. The summed E-state index contributed by atoms with van der Waals surface area (Å²) in [5.74, 6) is -1.24. The van der Waals surface area contributed by atoms with E-state index in [0.717, 1.165) is 5.56 Å². The highest BCUT2D eigenvalue weighted by Crippen LogP contribution is 2.31. The van der Waals surface area contributed by atoms with Gasteiger partial charge < -0.3 is 20.9 Å². The summed E-state index contributed by atoms with van der Waals surface area (Å²) in [5.41, 5.74) is 9.43. The molecule has 216 valence electrons. The molecule has 2 aromatic rings. The molecule has 4 N–H and O–H groups in total. The molecule has 0 aliphatic carbocycles. The number of ether oxygens (including phenoxy) is 1. The Morgan fingerprint density at radius 3 is 2.15 bits per heavy atom. The average molecular weight is 559 g/mol. The summed E-state index contributed by atoms with van der Waals surface area (Å²) in [4.78, 5) is 22.9. The molecule has 6 nitrogen and oxygen atoms in total. The van der Waals surface area contributed by atoms with Crippen LogP contribution in [-0.2, 0) is 14.9 Å². The maximum atomic E-state index is 12.8. The molecule has 0 aliphatic rings. The number of nitrogens with one attached hydrogen (secondary N) is 1. The van der Waals surface area contributed by atoms with Crippen molar-refractivity contribution in [3.8, 4) is 0 Å². The van der Waals surface area contributed by atoms with Crippen molar-refractivity contribution in [1.82, 2.24) is 5.32 Å². The monoisotopic (exact) mass is 558 g/mol. The van der Waals surface area contributed by atoms with Crippen molar-refractivity contribution in [2.24, 2.45) is 5.73 Å². The summed E-state index contributed by atoms with van der Waals surface area (Å²) in [5, 5.41) is 11.2. The van der Waals surface area contributed by atoms with E-state index >= 15 is 0 Å². The number of allylic oxidation sites excluding steroid dienone is 3. The van der Waals surface area contributed by atoms with E-state index in [1.54, 1.807) is 24.3 Å². The number of carbonyl (C=O) groups is 2. The predicted molar refractivity (Wildman–Crippen MR) is 150 cm³/mol. The summed E-state index contributed by atoms with van der Waals surface area (Å²) in [6, 6.07) is 14.2. The minimum atomic E-state index is -4.30. The largest absolute Gasteiger partial charge is 0.484 e. The van der Waals surface area contributed by atoms with Crippen LogP contribution in [0.2, 0.25) is 0 Å². The number of hydrogen-bond acceptors (Lipinski definition) is 4. The summed E-state index contributed by atoms with van der Waals surface area (Å²) in [6.45, 7) is 10.4. The fraction of sp³-hybridized carbons (Fsp3) is 0.355. The molecule has 0 saturated heterocycles. The second kappa shape index (κ2) is 14.4. The van der Waals surface area contributed by atoms with E-state index in [1.165, 1.54) is 23.9 Å². The molecule has 1 atom stereocenters. The van der Waals surface area contributed by atoms with Crippen LogP contribution in [-0.4, -0.2) is 29.7 Å². The van der Waals surface area contributed by atoms with E-state index < -0.39 is 30.6 Å². The average Bonchev–Trinajstić information content (AvgIpc) is 2.88. The number of carboxylic acids is 1. The summed E-state index contributed by atoms with van der Waals surface area (Å²) in [6.07, 6.45) is -1.77. The van der Waals surface area contributed by atoms with E-state index in [-0.39, 0.29) is 42.5 Å². The third kappa shape index (κ3) is 11.0. The maximum absolute atomic E-state index is 12.8. The van der Waals surface area contributed by atoms with Gasteiger partial charge in [-0.3, -0.25) is 9.59 Å². The fourth-order valence-electron chi connectivity index (χ4n) is 3.78. The number of aliphatic carboxylic acids is 1. The zero-order valence-corrected chi connectivity index (χ0v) is 23.1. The second-order valence-electron chi connectivity index (χ2n) is 10.4. The molecule has 0 heterocycles. The van der Waals surface area contributed by atoms with Crippen molar-refractivity contribution in [3.63, 3.8) is 0 Å². The molecule has 2 rings (SSSR count). The fourth-order valence-corrected chi connectivity index (χ4v) is 3.78. The van der Waals surface area contributed by atoms with Gasteiger partial charge in [0.2, 0.25) is 0 Å². The van der Waals surface area contributed by atoms with Gasteiger partial charge in [-0.25, -0.2) is 0 Å². The van der Waals surface area contributed by atoms with E-state index in [0.29, 0.717) is 11.1 Å². The number of amides is 1. The number of halogens is 3. The molecule has 0 aliphatic heterocycles.